The third-order valence-electron chi connectivity index (χ3n) is 3.64. The number of hydrogen-bond acceptors (Lipinski definition) is 2. The molecular weight excluding hydrogens is 270 g/mol. The van der Waals surface area contributed by atoms with E-state index in [1.54, 1.807) is 0 Å². The summed E-state index contributed by atoms with van der Waals surface area (Å²) in [5.41, 5.74) is 2.61. The second-order valence-corrected chi connectivity index (χ2v) is 6.06. The molecule has 0 fully saturated rings. The van der Waals surface area contributed by atoms with Crippen molar-refractivity contribution in [3.63, 3.8) is 0 Å². The van der Waals surface area contributed by atoms with Gasteiger partial charge in [0.15, 0.2) is 0 Å². The SMILES string of the molecule is CCCC(C)(C)n1c(CCCl)nc2ccc(C#N)cc21. The van der Waals surface area contributed by atoms with Crippen molar-refractivity contribution in [1.29, 1.82) is 5.26 Å². The normalized spacial score (nSPS) is 11.8. The summed E-state index contributed by atoms with van der Waals surface area (Å²) in [6, 6.07) is 7.87. The molecule has 2 rings (SSSR count). The fourth-order valence-electron chi connectivity index (χ4n) is 2.85. The number of nitriles is 1. The number of hydrogen-bond donors (Lipinski definition) is 0. The molecule has 1 heterocycles. The van der Waals surface area contributed by atoms with Crippen LogP contribution >= 0.6 is 11.6 Å². The number of halogens is 1. The number of nitrogens with zero attached hydrogens (tertiary/aromatic N) is 3. The van der Waals surface area contributed by atoms with E-state index in [2.05, 4.69) is 31.4 Å². The molecule has 3 nitrogen and oxygen atoms in total. The van der Waals surface area contributed by atoms with E-state index in [0.717, 1.165) is 36.1 Å². The van der Waals surface area contributed by atoms with Gasteiger partial charge in [-0.25, -0.2) is 4.98 Å². The zero-order valence-corrected chi connectivity index (χ0v) is 13.0. The van der Waals surface area contributed by atoms with Crippen LogP contribution < -0.4 is 0 Å². The van der Waals surface area contributed by atoms with Crippen molar-refractivity contribution in [2.45, 2.75) is 45.6 Å². The van der Waals surface area contributed by atoms with Crippen LogP contribution in [-0.4, -0.2) is 15.4 Å². The topological polar surface area (TPSA) is 41.6 Å². The average molecular weight is 290 g/mol. The molecule has 1 aromatic heterocycles. The third-order valence-corrected chi connectivity index (χ3v) is 3.83. The van der Waals surface area contributed by atoms with Gasteiger partial charge in [0.1, 0.15) is 5.82 Å². The number of imidazole rings is 1. The van der Waals surface area contributed by atoms with Gasteiger partial charge in [-0.15, -0.1) is 11.6 Å². The lowest BCUT2D eigenvalue weighted by molar-refractivity contribution is 0.324. The van der Waals surface area contributed by atoms with Gasteiger partial charge in [0.25, 0.3) is 0 Å². The Hall–Kier alpha value is -1.53. The predicted molar refractivity (Wildman–Crippen MR) is 83.1 cm³/mol. The van der Waals surface area contributed by atoms with E-state index in [1.165, 1.54) is 0 Å². The maximum absolute atomic E-state index is 9.10. The van der Waals surface area contributed by atoms with Gasteiger partial charge in [0.2, 0.25) is 0 Å². The summed E-state index contributed by atoms with van der Waals surface area (Å²) in [7, 11) is 0. The van der Waals surface area contributed by atoms with Crippen molar-refractivity contribution in [1.82, 2.24) is 9.55 Å². The van der Waals surface area contributed by atoms with Crippen LogP contribution in [0.25, 0.3) is 11.0 Å². The van der Waals surface area contributed by atoms with Gasteiger partial charge >= 0.3 is 0 Å². The Morgan fingerprint density at radius 1 is 1.40 bits per heavy atom. The van der Waals surface area contributed by atoms with Gasteiger partial charge in [0.05, 0.1) is 22.7 Å². The Morgan fingerprint density at radius 2 is 2.15 bits per heavy atom. The molecule has 0 amide bonds. The molecule has 0 saturated carbocycles. The molecule has 2 aromatic rings. The monoisotopic (exact) mass is 289 g/mol. The summed E-state index contributed by atoms with van der Waals surface area (Å²) in [5, 5.41) is 9.10. The van der Waals surface area contributed by atoms with Crippen LogP contribution in [0.4, 0.5) is 0 Å². The lowest BCUT2D eigenvalue weighted by atomic mass is 9.97. The molecule has 0 bridgehead atoms. The zero-order valence-electron chi connectivity index (χ0n) is 12.3. The van der Waals surface area contributed by atoms with Gasteiger partial charge in [-0.3, -0.25) is 0 Å². The van der Waals surface area contributed by atoms with E-state index < -0.39 is 0 Å². The molecule has 20 heavy (non-hydrogen) atoms. The summed E-state index contributed by atoms with van der Waals surface area (Å²) >= 11 is 5.92. The highest BCUT2D eigenvalue weighted by molar-refractivity contribution is 6.17. The summed E-state index contributed by atoms with van der Waals surface area (Å²) in [4.78, 5) is 4.70. The Bertz CT molecular complexity index is 650. The lowest BCUT2D eigenvalue weighted by Gasteiger charge is -2.29. The van der Waals surface area contributed by atoms with Crippen LogP contribution in [0, 0.1) is 11.3 Å². The number of rotatable bonds is 5. The Balaban J connectivity index is 2.69. The highest BCUT2D eigenvalue weighted by atomic mass is 35.5. The van der Waals surface area contributed by atoms with Crippen LogP contribution in [0.1, 0.15) is 45.0 Å². The molecule has 1 aromatic carbocycles. The Morgan fingerprint density at radius 3 is 2.75 bits per heavy atom. The summed E-state index contributed by atoms with van der Waals surface area (Å²) in [6.07, 6.45) is 2.90. The highest BCUT2D eigenvalue weighted by Gasteiger charge is 2.25. The first-order valence-corrected chi connectivity index (χ1v) is 7.55. The smallest absolute Gasteiger partial charge is 0.111 e. The molecule has 0 saturated heterocycles. The third kappa shape index (κ3) is 2.66. The van der Waals surface area contributed by atoms with E-state index in [0.29, 0.717) is 11.4 Å². The molecule has 0 aliphatic heterocycles. The first-order chi connectivity index (χ1) is 9.53. The first kappa shape index (κ1) is 14.9. The summed E-state index contributed by atoms with van der Waals surface area (Å²) in [5.74, 6) is 1.56. The molecule has 106 valence electrons. The van der Waals surface area contributed by atoms with Crippen molar-refractivity contribution in [3.8, 4) is 6.07 Å². The molecule has 0 N–H and O–H groups in total. The number of benzene rings is 1. The van der Waals surface area contributed by atoms with Crippen molar-refractivity contribution >= 4 is 22.6 Å². The number of aryl methyl sites for hydroxylation is 1. The number of alkyl halides is 1. The fourth-order valence-corrected chi connectivity index (χ4v) is 3.02. The molecule has 0 aliphatic carbocycles. The van der Waals surface area contributed by atoms with E-state index in [1.807, 2.05) is 18.2 Å². The van der Waals surface area contributed by atoms with E-state index in [9.17, 15) is 0 Å². The quantitative estimate of drug-likeness (QED) is 0.773. The van der Waals surface area contributed by atoms with Gasteiger partial charge in [0, 0.05) is 17.8 Å². The fraction of sp³-hybridized carbons (Fsp3) is 0.500. The minimum atomic E-state index is -0.0288. The van der Waals surface area contributed by atoms with Crippen molar-refractivity contribution in [3.05, 3.63) is 29.6 Å². The van der Waals surface area contributed by atoms with Crippen molar-refractivity contribution < 1.29 is 0 Å². The second-order valence-electron chi connectivity index (χ2n) is 5.68. The van der Waals surface area contributed by atoms with Gasteiger partial charge in [-0.05, 0) is 38.5 Å². The molecule has 0 radical (unpaired) electrons. The first-order valence-electron chi connectivity index (χ1n) is 7.01. The standard InChI is InChI=1S/C16H20ClN3/c1-4-8-16(2,3)20-14-10-12(11-18)5-6-13(14)19-15(20)7-9-17/h5-6,10H,4,7-9H2,1-3H3. The van der Waals surface area contributed by atoms with Gasteiger partial charge < -0.3 is 4.57 Å². The minimum Gasteiger partial charge on any atom is -0.322 e. The van der Waals surface area contributed by atoms with Gasteiger partial charge in [-0.2, -0.15) is 5.26 Å². The maximum Gasteiger partial charge on any atom is 0.111 e. The van der Waals surface area contributed by atoms with Gasteiger partial charge in [-0.1, -0.05) is 13.3 Å². The van der Waals surface area contributed by atoms with Crippen LogP contribution in [0.2, 0.25) is 0 Å². The highest BCUT2D eigenvalue weighted by Crippen LogP contribution is 2.30. The number of aromatic nitrogens is 2. The van der Waals surface area contributed by atoms with Crippen LogP contribution in [0.5, 0.6) is 0 Å². The van der Waals surface area contributed by atoms with E-state index >= 15 is 0 Å². The van der Waals surface area contributed by atoms with Crippen LogP contribution in [-0.2, 0) is 12.0 Å². The predicted octanol–water partition coefficient (Wildman–Crippen LogP) is 4.22. The van der Waals surface area contributed by atoms with Crippen molar-refractivity contribution in [2.75, 3.05) is 5.88 Å². The zero-order chi connectivity index (χ0) is 14.8. The van der Waals surface area contributed by atoms with Crippen LogP contribution in [0.15, 0.2) is 18.2 Å². The second kappa shape index (κ2) is 5.85. The molecule has 0 spiro atoms. The molecule has 0 aliphatic rings. The molecule has 4 heteroatoms. The molecule has 0 unspecified atom stereocenters. The minimum absolute atomic E-state index is 0.0288. The van der Waals surface area contributed by atoms with Crippen molar-refractivity contribution in [2.24, 2.45) is 0 Å². The van der Waals surface area contributed by atoms with E-state index in [4.69, 9.17) is 21.8 Å². The number of fused-ring (bicyclic) bond motifs is 1. The molecular formula is C16H20ClN3. The maximum atomic E-state index is 9.10. The average Bonchev–Trinajstić information content (AvgIpc) is 2.76. The molecule has 0 atom stereocenters. The summed E-state index contributed by atoms with van der Waals surface area (Å²) in [6.45, 7) is 6.62. The Kier molecular flexibility index (Phi) is 4.35. The largest absolute Gasteiger partial charge is 0.322 e. The van der Waals surface area contributed by atoms with E-state index in [-0.39, 0.29) is 5.54 Å². The summed E-state index contributed by atoms with van der Waals surface area (Å²) < 4.78 is 2.26. The Labute approximate surface area is 125 Å². The van der Waals surface area contributed by atoms with Crippen LogP contribution in [0.3, 0.4) is 0 Å². The lowest BCUT2D eigenvalue weighted by Crippen LogP contribution is -2.28.